The minimum absolute atomic E-state index is 0. The molecule has 0 amide bonds. The van der Waals surface area contributed by atoms with Gasteiger partial charge in [-0.1, -0.05) is 79.2 Å². The van der Waals surface area contributed by atoms with Crippen molar-refractivity contribution in [2.24, 2.45) is 0 Å². The molecule has 0 fully saturated rings. The van der Waals surface area contributed by atoms with Crippen LogP contribution in [0.25, 0.3) is 33.2 Å². The molecule has 6 heteroatoms. The second kappa shape index (κ2) is 11.3. The number of allylic oxidation sites excluding steroid dienone is 2. The van der Waals surface area contributed by atoms with E-state index in [-0.39, 0.29) is 31.4 Å². The van der Waals surface area contributed by atoms with Crippen LogP contribution in [0.1, 0.15) is 12.5 Å². The summed E-state index contributed by atoms with van der Waals surface area (Å²) in [5.41, 5.74) is 9.03. The van der Waals surface area contributed by atoms with Crippen molar-refractivity contribution in [3.05, 3.63) is 125 Å². The molecule has 0 radical (unpaired) electrons. The smallest absolute Gasteiger partial charge is 0.804 e. The molecule has 0 unspecified atom stereocenters. The largest absolute Gasteiger partial charge is 3.00 e. The van der Waals surface area contributed by atoms with Gasteiger partial charge in [-0.05, 0) is 28.1 Å². The summed E-state index contributed by atoms with van der Waals surface area (Å²) >= 11 is 0. The summed E-state index contributed by atoms with van der Waals surface area (Å²) in [5.74, 6) is -1.30. The molecule has 0 saturated carbocycles. The fraction of sp³-hybridized carbons (Fsp3) is 0.0400. The third-order valence-electron chi connectivity index (χ3n) is 4.19. The van der Waals surface area contributed by atoms with Crippen molar-refractivity contribution in [2.45, 2.75) is 6.92 Å². The number of pyridine rings is 1. The van der Waals surface area contributed by atoms with Gasteiger partial charge in [0, 0.05) is 17.8 Å². The summed E-state index contributed by atoms with van der Waals surface area (Å²) in [6.45, 7) is 1.62. The molecule has 0 aliphatic heterocycles. The van der Waals surface area contributed by atoms with Crippen LogP contribution in [0.15, 0.2) is 90.8 Å². The molecule has 0 saturated heterocycles. The number of benzene rings is 3. The summed E-state index contributed by atoms with van der Waals surface area (Å²) in [5, 5.41) is 11.2. The molecule has 0 bridgehead atoms. The third kappa shape index (κ3) is 6.38. The number of fused-ring (bicyclic) bond motifs is 1. The number of nitrogens with zero attached hydrogens (tertiary/aromatic N) is 2. The first-order valence-corrected chi connectivity index (χ1v) is 9.18. The van der Waals surface area contributed by atoms with Crippen LogP contribution in [0, 0.1) is 17.7 Å². The van der Waals surface area contributed by atoms with Crippen molar-refractivity contribution in [3.8, 4) is 11.3 Å². The Morgan fingerprint density at radius 1 is 1.03 bits per heavy atom. The van der Waals surface area contributed by atoms with Crippen LogP contribution in [0.3, 0.4) is 0 Å². The molecule has 1 aromatic heterocycles. The molecule has 3 aromatic carbocycles. The summed E-state index contributed by atoms with van der Waals surface area (Å²) in [6.07, 6.45) is 3.03. The summed E-state index contributed by atoms with van der Waals surface area (Å²) in [6, 6.07) is 23.1. The fourth-order valence-corrected chi connectivity index (χ4v) is 2.84. The Morgan fingerprint density at radius 3 is 2.39 bits per heavy atom. The Kier molecular flexibility index (Phi) is 8.74. The fourth-order valence-electron chi connectivity index (χ4n) is 2.84. The van der Waals surface area contributed by atoms with Crippen LogP contribution in [-0.2, 0) is 20.1 Å². The molecule has 0 aliphatic carbocycles. The SMILES string of the molecule is C/C([NH-])=C/C(=[N-])c1ccccc1.Fc1c[c-]c(-c2nccc3ccccc23)c(F)c1.[Ir+3]. The molecule has 1 heterocycles. The topological polar surface area (TPSA) is 59.0 Å². The first kappa shape index (κ1) is 24.1. The second-order valence-electron chi connectivity index (χ2n) is 6.50. The molecule has 1 N–H and O–H groups in total. The molecule has 31 heavy (non-hydrogen) atoms. The number of hydrogen-bond donors (Lipinski definition) is 0. The van der Waals surface area contributed by atoms with Crippen molar-refractivity contribution >= 4 is 16.5 Å². The van der Waals surface area contributed by atoms with Gasteiger partial charge in [-0.15, -0.1) is 12.1 Å². The van der Waals surface area contributed by atoms with Crippen LogP contribution >= 0.6 is 0 Å². The second-order valence-corrected chi connectivity index (χ2v) is 6.50. The summed E-state index contributed by atoms with van der Waals surface area (Å²) in [7, 11) is 0. The molecular formula is C25H18F2IrN3. The normalized spacial score (nSPS) is 10.6. The van der Waals surface area contributed by atoms with Gasteiger partial charge in [0.2, 0.25) is 0 Å². The third-order valence-corrected chi connectivity index (χ3v) is 4.19. The van der Waals surface area contributed by atoms with Gasteiger partial charge in [-0.3, -0.25) is 8.78 Å². The van der Waals surface area contributed by atoms with Crippen LogP contribution in [0.5, 0.6) is 0 Å². The van der Waals surface area contributed by atoms with Crippen LogP contribution in [0.4, 0.5) is 8.78 Å². The average molecular weight is 591 g/mol. The van der Waals surface area contributed by atoms with Gasteiger partial charge in [0.25, 0.3) is 0 Å². The zero-order valence-corrected chi connectivity index (χ0v) is 19.0. The summed E-state index contributed by atoms with van der Waals surface area (Å²) in [4.78, 5) is 4.17. The van der Waals surface area contributed by atoms with E-state index in [9.17, 15) is 14.2 Å². The van der Waals surface area contributed by atoms with Gasteiger partial charge in [0.15, 0.2) is 0 Å². The van der Waals surface area contributed by atoms with E-state index in [1.807, 2.05) is 48.5 Å². The first-order valence-electron chi connectivity index (χ1n) is 9.18. The standard InChI is InChI=1S/C15H8F2N.C10H10N2.Ir/c16-11-5-6-13(14(17)9-11)15-12-4-2-1-3-10(12)7-8-18-15;1-8(11)7-10(12)9-5-3-2-4-6-9;/h1-5,7-9H;2-7,11H,1H3;/q-1;-2;+3/b;8-7-;. The maximum atomic E-state index is 13.8. The van der Waals surface area contributed by atoms with Gasteiger partial charge < -0.3 is 16.1 Å². The van der Waals surface area contributed by atoms with Gasteiger partial charge >= 0.3 is 20.1 Å². The Bertz CT molecular complexity index is 1200. The number of rotatable bonds is 3. The van der Waals surface area contributed by atoms with Gasteiger partial charge in [0.05, 0.1) is 0 Å². The van der Waals surface area contributed by atoms with Crippen molar-refractivity contribution in [1.29, 1.82) is 0 Å². The minimum Gasteiger partial charge on any atom is -0.804 e. The Labute approximate surface area is 193 Å². The van der Waals surface area contributed by atoms with Crippen molar-refractivity contribution in [1.82, 2.24) is 4.98 Å². The molecule has 4 rings (SSSR count). The Balaban J connectivity index is 0.000000231. The minimum atomic E-state index is -0.654. The van der Waals surface area contributed by atoms with Gasteiger partial charge in [-0.2, -0.15) is 11.4 Å². The van der Waals surface area contributed by atoms with E-state index >= 15 is 0 Å². The zero-order chi connectivity index (χ0) is 21.5. The Morgan fingerprint density at radius 2 is 1.71 bits per heavy atom. The number of nitrogens with one attached hydrogen (secondary N) is 1. The number of halogens is 2. The number of hydrogen-bond acceptors (Lipinski definition) is 1. The van der Waals surface area contributed by atoms with Gasteiger partial charge in [-0.25, -0.2) is 0 Å². The van der Waals surface area contributed by atoms with E-state index in [2.05, 4.69) is 11.1 Å². The van der Waals surface area contributed by atoms with E-state index in [4.69, 9.17) is 5.73 Å². The molecule has 0 atom stereocenters. The molecule has 3 nitrogen and oxygen atoms in total. The first-order chi connectivity index (χ1) is 14.5. The van der Waals surface area contributed by atoms with E-state index in [0.29, 0.717) is 11.4 Å². The molecular weight excluding hydrogens is 573 g/mol. The predicted molar refractivity (Wildman–Crippen MR) is 118 cm³/mol. The predicted octanol–water partition coefficient (Wildman–Crippen LogP) is 6.98. The summed E-state index contributed by atoms with van der Waals surface area (Å²) < 4.78 is 26.6. The Hall–Kier alpha value is -3.21. The van der Waals surface area contributed by atoms with E-state index in [0.717, 1.165) is 28.5 Å². The van der Waals surface area contributed by atoms with E-state index < -0.39 is 11.6 Å². The molecule has 4 aromatic rings. The van der Waals surface area contributed by atoms with E-state index in [1.54, 1.807) is 25.3 Å². The van der Waals surface area contributed by atoms with Crippen LogP contribution < -0.4 is 0 Å². The molecule has 156 valence electrons. The monoisotopic (exact) mass is 591 g/mol. The van der Waals surface area contributed by atoms with Crippen molar-refractivity contribution in [2.75, 3.05) is 0 Å². The maximum absolute atomic E-state index is 13.8. The van der Waals surface area contributed by atoms with E-state index in [1.165, 1.54) is 6.08 Å². The maximum Gasteiger partial charge on any atom is 3.00 e. The zero-order valence-electron chi connectivity index (χ0n) is 16.6. The molecule has 0 aliphatic rings. The van der Waals surface area contributed by atoms with Crippen molar-refractivity contribution < 1.29 is 28.9 Å². The van der Waals surface area contributed by atoms with Crippen LogP contribution in [-0.4, -0.2) is 10.7 Å². The van der Waals surface area contributed by atoms with Crippen LogP contribution in [0.2, 0.25) is 0 Å². The number of aromatic nitrogens is 1. The quantitative estimate of drug-likeness (QED) is 0.188. The van der Waals surface area contributed by atoms with Gasteiger partial charge in [0.1, 0.15) is 0 Å². The van der Waals surface area contributed by atoms with Crippen molar-refractivity contribution in [3.63, 3.8) is 0 Å². The average Bonchev–Trinajstić information content (AvgIpc) is 2.74. The molecule has 0 spiro atoms.